The van der Waals surface area contributed by atoms with Crippen LogP contribution in [0.15, 0.2) is 95.9 Å². The predicted octanol–water partition coefficient (Wildman–Crippen LogP) is 10.3. The molecule has 1 unspecified atom stereocenters. The molecular formula is C36H31F4NO3S2. The number of halogens is 4. The van der Waals surface area contributed by atoms with Crippen molar-refractivity contribution in [1.82, 2.24) is 4.98 Å². The third-order valence-electron chi connectivity index (χ3n) is 7.21. The van der Waals surface area contributed by atoms with Crippen molar-refractivity contribution in [3.8, 4) is 27.4 Å². The fraction of sp³-hybridized carbons (Fsp3) is 0.222. The van der Waals surface area contributed by atoms with Crippen LogP contribution in [0, 0.1) is 19.7 Å². The predicted molar refractivity (Wildman–Crippen MR) is 175 cm³/mol. The van der Waals surface area contributed by atoms with Crippen molar-refractivity contribution in [3.05, 3.63) is 124 Å². The molecule has 0 amide bonds. The lowest BCUT2D eigenvalue weighted by Gasteiger charge is -2.18. The maximum Gasteiger partial charge on any atom is 0.416 e. The van der Waals surface area contributed by atoms with Crippen LogP contribution in [0.2, 0.25) is 0 Å². The second-order valence-corrected chi connectivity index (χ2v) is 12.9. The first-order valence-electron chi connectivity index (χ1n) is 14.6. The second kappa shape index (κ2) is 14.5. The summed E-state index contributed by atoms with van der Waals surface area (Å²) < 4.78 is 63.5. The molecule has 0 aliphatic heterocycles. The van der Waals surface area contributed by atoms with Crippen molar-refractivity contribution >= 4 is 29.1 Å². The Morgan fingerprint density at radius 1 is 0.891 bits per heavy atom. The molecule has 4 nitrogen and oxygen atoms in total. The van der Waals surface area contributed by atoms with Gasteiger partial charge in [0.15, 0.2) is 6.61 Å². The third kappa shape index (κ3) is 8.35. The number of carbonyl (C=O) groups is 1. The Kier molecular flexibility index (Phi) is 10.5. The fourth-order valence-electron chi connectivity index (χ4n) is 4.87. The lowest BCUT2D eigenvalue weighted by atomic mass is 10.0. The topological polar surface area (TPSA) is 48.4 Å². The van der Waals surface area contributed by atoms with Gasteiger partial charge in [-0.2, -0.15) is 13.2 Å². The molecule has 5 aromatic rings. The summed E-state index contributed by atoms with van der Waals surface area (Å²) in [5.41, 5.74) is 4.57. The molecule has 1 atom stereocenters. The van der Waals surface area contributed by atoms with E-state index >= 15 is 0 Å². The smallest absolute Gasteiger partial charge is 0.416 e. The van der Waals surface area contributed by atoms with Crippen LogP contribution in [0.4, 0.5) is 17.6 Å². The van der Waals surface area contributed by atoms with E-state index in [9.17, 15) is 22.4 Å². The zero-order chi connectivity index (χ0) is 32.8. The lowest BCUT2D eigenvalue weighted by Crippen LogP contribution is -2.14. The number of nitrogens with zero attached hydrogens (tertiary/aromatic N) is 1. The Bertz CT molecular complexity index is 1780. The molecule has 46 heavy (non-hydrogen) atoms. The molecule has 1 heterocycles. The average molecular weight is 666 g/mol. The van der Waals surface area contributed by atoms with Gasteiger partial charge in [-0.1, -0.05) is 48.5 Å². The summed E-state index contributed by atoms with van der Waals surface area (Å²) in [4.78, 5) is 18.5. The molecule has 10 heteroatoms. The van der Waals surface area contributed by atoms with Crippen LogP contribution in [-0.4, -0.2) is 24.2 Å². The summed E-state index contributed by atoms with van der Waals surface area (Å²) in [5.74, 6) is -0.135. The Hall–Kier alpha value is -4.15. The monoisotopic (exact) mass is 665 g/mol. The molecule has 0 aliphatic carbocycles. The van der Waals surface area contributed by atoms with Crippen molar-refractivity contribution in [2.45, 2.75) is 43.5 Å². The van der Waals surface area contributed by atoms with Gasteiger partial charge in [0.1, 0.15) is 16.6 Å². The highest BCUT2D eigenvalue weighted by Gasteiger charge is 2.30. The third-order valence-corrected chi connectivity index (χ3v) is 9.89. The molecule has 1 aromatic heterocycles. The molecule has 4 aromatic carbocycles. The maximum absolute atomic E-state index is 13.4. The number of esters is 1. The number of thioether (sulfide) groups is 1. The number of hydrogen-bond donors (Lipinski definition) is 0. The number of ether oxygens (including phenoxy) is 2. The summed E-state index contributed by atoms with van der Waals surface area (Å²) >= 11 is 3.13. The van der Waals surface area contributed by atoms with Gasteiger partial charge in [0, 0.05) is 20.6 Å². The Morgan fingerprint density at radius 2 is 1.52 bits per heavy atom. The zero-order valence-electron chi connectivity index (χ0n) is 25.4. The Morgan fingerprint density at radius 3 is 2.13 bits per heavy atom. The molecule has 0 spiro atoms. The molecule has 0 aliphatic rings. The van der Waals surface area contributed by atoms with Crippen LogP contribution < -0.4 is 4.74 Å². The van der Waals surface area contributed by atoms with Crippen LogP contribution in [-0.2, 0) is 22.1 Å². The number of thiazole rings is 1. The first kappa shape index (κ1) is 33.2. The fourth-order valence-corrected chi connectivity index (χ4v) is 7.49. The SMILES string of the molecule is CCOC(=O)COc1ccc(SC(Cc2ccc(-c3ccc(F)cc3)cc2)c2sc(-c3ccc(C(F)(F)F)cc3)nc2C)cc1C. The van der Waals surface area contributed by atoms with Gasteiger partial charge >= 0.3 is 12.1 Å². The van der Waals surface area contributed by atoms with Crippen molar-refractivity contribution in [3.63, 3.8) is 0 Å². The standard InChI is InChI=1S/C36H31F4NO3S2/c1-4-43-33(42)21-44-31-18-17-30(19-22(31)2)45-32(20-24-5-7-25(8-6-24)26-11-15-29(37)16-12-26)34-23(3)41-35(46-34)27-9-13-28(14-10-27)36(38,39)40/h5-19,32H,4,20-21H2,1-3H3. The number of rotatable bonds is 11. The Balaban J connectivity index is 1.42. The normalized spacial score (nSPS) is 12.2. The molecule has 0 bridgehead atoms. The van der Waals surface area contributed by atoms with E-state index in [0.29, 0.717) is 22.7 Å². The molecule has 0 N–H and O–H groups in total. The Labute approximate surface area is 273 Å². The van der Waals surface area contributed by atoms with Crippen LogP contribution >= 0.6 is 23.1 Å². The van der Waals surface area contributed by atoms with Crippen LogP contribution in [0.5, 0.6) is 5.75 Å². The van der Waals surface area contributed by atoms with Crippen LogP contribution in [0.25, 0.3) is 21.7 Å². The quantitative estimate of drug-likeness (QED) is 0.0799. The molecule has 0 saturated heterocycles. The van der Waals surface area contributed by atoms with E-state index in [1.165, 1.54) is 35.6 Å². The summed E-state index contributed by atoms with van der Waals surface area (Å²) in [6.07, 6.45) is -3.75. The summed E-state index contributed by atoms with van der Waals surface area (Å²) in [5, 5.41) is 0.584. The first-order chi connectivity index (χ1) is 22.0. The summed E-state index contributed by atoms with van der Waals surface area (Å²) in [6, 6.07) is 25.3. The highest BCUT2D eigenvalue weighted by Crippen LogP contribution is 2.44. The second-order valence-electron chi connectivity index (χ2n) is 10.6. The van der Waals surface area contributed by atoms with Gasteiger partial charge in [0.2, 0.25) is 0 Å². The lowest BCUT2D eigenvalue weighted by molar-refractivity contribution is -0.145. The molecule has 238 valence electrons. The van der Waals surface area contributed by atoms with Crippen molar-refractivity contribution in [1.29, 1.82) is 0 Å². The van der Waals surface area contributed by atoms with E-state index in [4.69, 9.17) is 14.5 Å². The van der Waals surface area contributed by atoms with Crippen LogP contribution in [0.1, 0.15) is 39.4 Å². The van der Waals surface area contributed by atoms with E-state index in [2.05, 4.69) is 12.1 Å². The van der Waals surface area contributed by atoms with Crippen LogP contribution in [0.3, 0.4) is 0 Å². The first-order valence-corrected chi connectivity index (χ1v) is 16.3. The highest BCUT2D eigenvalue weighted by atomic mass is 32.2. The zero-order valence-corrected chi connectivity index (χ0v) is 27.0. The van der Waals surface area contributed by atoms with Gasteiger partial charge < -0.3 is 9.47 Å². The van der Waals surface area contributed by atoms with Gasteiger partial charge in [-0.3, -0.25) is 0 Å². The number of aromatic nitrogens is 1. The van der Waals surface area contributed by atoms with Crippen molar-refractivity contribution in [2.24, 2.45) is 0 Å². The number of hydrogen-bond acceptors (Lipinski definition) is 6. The molecular weight excluding hydrogens is 635 g/mol. The van der Waals surface area contributed by atoms with E-state index < -0.39 is 17.7 Å². The highest BCUT2D eigenvalue weighted by molar-refractivity contribution is 7.99. The molecule has 0 radical (unpaired) electrons. The number of aryl methyl sites for hydroxylation is 2. The largest absolute Gasteiger partial charge is 0.482 e. The molecule has 0 saturated carbocycles. The summed E-state index contributed by atoms with van der Waals surface area (Å²) in [7, 11) is 0. The molecule has 0 fully saturated rings. The maximum atomic E-state index is 13.4. The van der Waals surface area contributed by atoms with Crippen molar-refractivity contribution < 1.29 is 31.8 Å². The minimum atomic E-state index is -4.41. The van der Waals surface area contributed by atoms with Gasteiger partial charge in [0.05, 0.1) is 17.9 Å². The molecule has 5 rings (SSSR count). The van der Waals surface area contributed by atoms with Gasteiger partial charge in [-0.25, -0.2) is 14.2 Å². The van der Waals surface area contributed by atoms with E-state index in [1.807, 2.05) is 44.2 Å². The summed E-state index contributed by atoms with van der Waals surface area (Å²) in [6.45, 7) is 5.68. The van der Waals surface area contributed by atoms with E-state index in [1.54, 1.807) is 30.8 Å². The van der Waals surface area contributed by atoms with E-state index in [0.717, 1.165) is 49.9 Å². The minimum Gasteiger partial charge on any atom is -0.482 e. The number of alkyl halides is 3. The van der Waals surface area contributed by atoms with Gasteiger partial charge in [-0.05, 0) is 91.9 Å². The number of benzene rings is 4. The van der Waals surface area contributed by atoms with Gasteiger partial charge in [-0.15, -0.1) is 23.1 Å². The van der Waals surface area contributed by atoms with E-state index in [-0.39, 0.29) is 24.3 Å². The minimum absolute atomic E-state index is 0.0666. The number of carbonyl (C=O) groups excluding carboxylic acids is 1. The van der Waals surface area contributed by atoms with Crippen molar-refractivity contribution in [2.75, 3.05) is 13.2 Å². The van der Waals surface area contributed by atoms with Gasteiger partial charge in [0.25, 0.3) is 0 Å². The average Bonchev–Trinajstić information content (AvgIpc) is 3.42.